The van der Waals surface area contributed by atoms with Gasteiger partial charge >= 0.3 is 0 Å². The van der Waals surface area contributed by atoms with Gasteiger partial charge in [-0.25, -0.2) is 4.98 Å². The number of aromatic hydroxyl groups is 1. The van der Waals surface area contributed by atoms with Gasteiger partial charge in [-0.05, 0) is 24.3 Å². The molecule has 0 aliphatic rings. The molecule has 3 aromatic rings. The van der Waals surface area contributed by atoms with Crippen LogP contribution in [-0.2, 0) is 0 Å². The van der Waals surface area contributed by atoms with Crippen LogP contribution in [0.5, 0.6) is 11.5 Å². The largest absolute Gasteiger partial charge is 0.507 e. The lowest BCUT2D eigenvalue weighted by atomic mass is 10.2. The number of hydrogen-bond acceptors (Lipinski definition) is 5. The molecule has 2 aromatic carbocycles. The molecule has 96 valence electrons. The number of phenols is 1. The number of nitrogen functional groups attached to an aromatic ring is 1. The minimum Gasteiger partial charge on any atom is -0.507 e. The quantitative estimate of drug-likeness (QED) is 0.689. The van der Waals surface area contributed by atoms with Gasteiger partial charge in [0.25, 0.3) is 0 Å². The smallest absolute Gasteiger partial charge is 0.231 e. The van der Waals surface area contributed by atoms with Crippen molar-refractivity contribution in [2.75, 3.05) is 12.8 Å². The Bertz CT molecular complexity index is 750. The Labute approximate surface area is 109 Å². The molecule has 19 heavy (non-hydrogen) atoms. The van der Waals surface area contributed by atoms with Gasteiger partial charge < -0.3 is 20.0 Å². The lowest BCUT2D eigenvalue weighted by Crippen LogP contribution is -1.86. The number of para-hydroxylation sites is 1. The van der Waals surface area contributed by atoms with Gasteiger partial charge in [0.05, 0.1) is 12.7 Å². The lowest BCUT2D eigenvalue weighted by Gasteiger charge is -2.00. The molecule has 0 bridgehead atoms. The summed E-state index contributed by atoms with van der Waals surface area (Å²) in [4.78, 5) is 4.35. The van der Waals surface area contributed by atoms with Crippen molar-refractivity contribution in [2.24, 2.45) is 0 Å². The number of aromatic nitrogens is 1. The van der Waals surface area contributed by atoms with Crippen molar-refractivity contribution in [3.8, 4) is 23.0 Å². The second kappa shape index (κ2) is 4.20. The molecule has 1 heterocycles. The van der Waals surface area contributed by atoms with E-state index in [9.17, 15) is 5.11 Å². The third kappa shape index (κ3) is 1.85. The molecule has 0 amide bonds. The molecule has 5 nitrogen and oxygen atoms in total. The fraction of sp³-hybridized carbons (Fsp3) is 0.0714. The molecule has 1 aromatic heterocycles. The molecule has 0 aliphatic carbocycles. The lowest BCUT2D eigenvalue weighted by molar-refractivity contribution is 0.419. The van der Waals surface area contributed by atoms with E-state index in [0.29, 0.717) is 34.0 Å². The van der Waals surface area contributed by atoms with Gasteiger partial charge in [0.1, 0.15) is 11.5 Å². The van der Waals surface area contributed by atoms with E-state index in [4.69, 9.17) is 14.9 Å². The summed E-state index contributed by atoms with van der Waals surface area (Å²) in [7, 11) is 1.57. The number of nitrogens with two attached hydrogens (primary N) is 1. The van der Waals surface area contributed by atoms with Crippen molar-refractivity contribution in [3.05, 3.63) is 36.4 Å². The summed E-state index contributed by atoms with van der Waals surface area (Å²) in [6.07, 6.45) is 0. The van der Waals surface area contributed by atoms with Crippen molar-refractivity contribution in [1.29, 1.82) is 0 Å². The van der Waals surface area contributed by atoms with Crippen molar-refractivity contribution in [1.82, 2.24) is 4.98 Å². The van der Waals surface area contributed by atoms with Crippen molar-refractivity contribution < 1.29 is 14.3 Å². The zero-order valence-electron chi connectivity index (χ0n) is 10.3. The third-order valence-electron chi connectivity index (χ3n) is 2.85. The first-order chi connectivity index (χ1) is 9.19. The number of anilines is 1. The Morgan fingerprint density at radius 3 is 2.84 bits per heavy atom. The van der Waals surface area contributed by atoms with Crippen LogP contribution in [0.4, 0.5) is 5.69 Å². The summed E-state index contributed by atoms with van der Waals surface area (Å²) in [6.45, 7) is 0. The molecular formula is C14H12N2O3. The van der Waals surface area contributed by atoms with E-state index in [2.05, 4.69) is 4.98 Å². The Balaban J connectivity index is 2.20. The maximum Gasteiger partial charge on any atom is 0.231 e. The van der Waals surface area contributed by atoms with Crippen LogP contribution in [0.1, 0.15) is 0 Å². The molecule has 0 fully saturated rings. The number of hydrogen-bond donors (Lipinski definition) is 2. The molecule has 0 atom stereocenters. The van der Waals surface area contributed by atoms with Crippen LogP contribution in [0.25, 0.3) is 22.6 Å². The first-order valence-corrected chi connectivity index (χ1v) is 5.71. The predicted molar refractivity (Wildman–Crippen MR) is 72.1 cm³/mol. The molecule has 0 spiro atoms. The number of nitrogens with zero attached hydrogens (tertiary/aromatic N) is 1. The molecule has 3 N–H and O–H groups in total. The maximum atomic E-state index is 9.89. The van der Waals surface area contributed by atoms with E-state index >= 15 is 0 Å². The number of fused-ring (bicyclic) bond motifs is 1. The van der Waals surface area contributed by atoms with Gasteiger partial charge in [-0.1, -0.05) is 6.07 Å². The van der Waals surface area contributed by atoms with Gasteiger partial charge in [-0.2, -0.15) is 0 Å². The normalized spacial score (nSPS) is 10.8. The van der Waals surface area contributed by atoms with Crippen LogP contribution in [0.15, 0.2) is 40.8 Å². The van der Waals surface area contributed by atoms with E-state index < -0.39 is 0 Å². The average Bonchev–Trinajstić information content (AvgIpc) is 2.81. The van der Waals surface area contributed by atoms with Gasteiger partial charge in [-0.15, -0.1) is 0 Å². The summed E-state index contributed by atoms with van der Waals surface area (Å²) in [6, 6.07) is 10.2. The van der Waals surface area contributed by atoms with Crippen LogP contribution in [0.3, 0.4) is 0 Å². The van der Waals surface area contributed by atoms with E-state index in [1.54, 1.807) is 31.4 Å². The number of phenolic OH excluding ortho intramolecular Hbond substituents is 1. The van der Waals surface area contributed by atoms with Crippen LogP contribution in [0, 0.1) is 0 Å². The maximum absolute atomic E-state index is 9.89. The van der Waals surface area contributed by atoms with E-state index in [-0.39, 0.29) is 5.75 Å². The van der Waals surface area contributed by atoms with Crippen LogP contribution in [0.2, 0.25) is 0 Å². The van der Waals surface area contributed by atoms with Crippen molar-refractivity contribution in [2.45, 2.75) is 0 Å². The Morgan fingerprint density at radius 2 is 2.11 bits per heavy atom. The minimum atomic E-state index is 0.0329. The Morgan fingerprint density at radius 1 is 1.26 bits per heavy atom. The van der Waals surface area contributed by atoms with Crippen molar-refractivity contribution >= 4 is 16.8 Å². The first kappa shape index (κ1) is 11.4. The van der Waals surface area contributed by atoms with Crippen molar-refractivity contribution in [3.63, 3.8) is 0 Å². The van der Waals surface area contributed by atoms with Gasteiger partial charge in [0.15, 0.2) is 11.1 Å². The summed E-state index contributed by atoms with van der Waals surface area (Å²) >= 11 is 0. The molecular weight excluding hydrogens is 244 g/mol. The standard InChI is InChI=1S/C14H12N2O3/c1-18-11-3-2-4-12-13(11)16-14(19-12)9-6-5-8(15)7-10(9)17/h2-7,17H,15H2,1H3. The minimum absolute atomic E-state index is 0.0329. The number of oxazole rings is 1. The van der Waals surface area contributed by atoms with Gasteiger partial charge in [-0.3, -0.25) is 0 Å². The number of methoxy groups -OCH3 is 1. The molecule has 0 saturated carbocycles. The fourth-order valence-corrected chi connectivity index (χ4v) is 1.93. The molecule has 0 radical (unpaired) electrons. The highest BCUT2D eigenvalue weighted by atomic mass is 16.5. The van der Waals surface area contributed by atoms with E-state index in [0.717, 1.165) is 0 Å². The molecule has 0 aliphatic heterocycles. The summed E-state index contributed by atoms with van der Waals surface area (Å²) in [5, 5.41) is 9.89. The molecule has 5 heteroatoms. The highest BCUT2D eigenvalue weighted by Crippen LogP contribution is 2.34. The Hall–Kier alpha value is -2.69. The van der Waals surface area contributed by atoms with Gasteiger partial charge in [0, 0.05) is 11.8 Å². The van der Waals surface area contributed by atoms with Crippen LogP contribution < -0.4 is 10.5 Å². The summed E-state index contributed by atoms with van der Waals surface area (Å²) < 4.78 is 10.8. The van der Waals surface area contributed by atoms with Crippen LogP contribution in [-0.4, -0.2) is 17.2 Å². The Kier molecular flexibility index (Phi) is 2.52. The third-order valence-corrected chi connectivity index (χ3v) is 2.85. The number of benzene rings is 2. The zero-order chi connectivity index (χ0) is 13.4. The van der Waals surface area contributed by atoms with E-state index in [1.165, 1.54) is 6.07 Å². The average molecular weight is 256 g/mol. The zero-order valence-corrected chi connectivity index (χ0v) is 10.3. The molecule has 3 rings (SSSR count). The predicted octanol–water partition coefficient (Wildman–Crippen LogP) is 2.79. The second-order valence-corrected chi connectivity index (χ2v) is 4.10. The highest BCUT2D eigenvalue weighted by molar-refractivity contribution is 5.83. The van der Waals surface area contributed by atoms with E-state index in [1.807, 2.05) is 6.07 Å². The van der Waals surface area contributed by atoms with Gasteiger partial charge in [0.2, 0.25) is 5.89 Å². The second-order valence-electron chi connectivity index (χ2n) is 4.10. The SMILES string of the molecule is COc1cccc2oc(-c3ccc(N)cc3O)nc12. The highest BCUT2D eigenvalue weighted by Gasteiger charge is 2.14. The first-order valence-electron chi connectivity index (χ1n) is 5.71. The summed E-state index contributed by atoms with van der Waals surface area (Å²) in [5.41, 5.74) is 7.79. The fourth-order valence-electron chi connectivity index (χ4n) is 1.93. The monoisotopic (exact) mass is 256 g/mol. The number of ether oxygens (including phenoxy) is 1. The van der Waals surface area contributed by atoms with Crippen LogP contribution >= 0.6 is 0 Å². The summed E-state index contributed by atoms with van der Waals surface area (Å²) in [5.74, 6) is 0.991. The topological polar surface area (TPSA) is 81.5 Å². The molecule has 0 unspecified atom stereocenters. The number of rotatable bonds is 2. The molecule has 0 saturated heterocycles.